The van der Waals surface area contributed by atoms with E-state index in [1.807, 2.05) is 40.7 Å². The van der Waals surface area contributed by atoms with Crippen LogP contribution in [0.15, 0.2) is 35.3 Å². The minimum Gasteiger partial charge on any atom is -0.444 e. The van der Waals surface area contributed by atoms with Gasteiger partial charge in [-0.2, -0.15) is 0 Å². The Morgan fingerprint density at radius 2 is 1.70 bits per heavy atom. The number of halogens is 1. The molecular weight excluding hydrogens is 493 g/mol. The number of aliphatic imine (C=N–C) groups is 1. The number of nitrogens with one attached hydrogen (secondary N) is 3. The molecule has 1 atom stereocenters. The van der Waals surface area contributed by atoms with Crippen LogP contribution in [0, 0.1) is 0 Å². The number of likely N-dealkylation sites (N-methyl/N-ethyl adjacent to an activating group) is 1. The summed E-state index contributed by atoms with van der Waals surface area (Å²) in [5, 5.41) is 9.57. The second-order valence-electron chi connectivity index (χ2n) is 9.12. The average Bonchev–Trinajstić information content (AvgIpc) is 2.59. The smallest absolute Gasteiger partial charge is 0.408 e. The molecule has 7 nitrogen and oxygen atoms in total. The van der Waals surface area contributed by atoms with Gasteiger partial charge in [-0.3, -0.25) is 4.99 Å². The molecule has 0 aromatic heterocycles. The lowest BCUT2D eigenvalue weighted by Crippen LogP contribution is -2.55. The Balaban J connectivity index is 0.00000841. The van der Waals surface area contributed by atoms with E-state index in [1.54, 1.807) is 7.05 Å². The summed E-state index contributed by atoms with van der Waals surface area (Å²) in [5.41, 5.74) is 0.287. The van der Waals surface area contributed by atoms with Crippen LogP contribution in [0.2, 0.25) is 0 Å². The highest BCUT2D eigenvalue weighted by molar-refractivity contribution is 14.0. The van der Waals surface area contributed by atoms with Crippen molar-refractivity contribution in [3.8, 4) is 0 Å². The molecule has 0 heterocycles. The summed E-state index contributed by atoms with van der Waals surface area (Å²) in [6, 6.07) is 10.8. The third-order valence-corrected chi connectivity index (χ3v) is 4.31. The van der Waals surface area contributed by atoms with Gasteiger partial charge in [0.1, 0.15) is 5.60 Å². The highest BCUT2D eigenvalue weighted by Gasteiger charge is 2.25. The van der Waals surface area contributed by atoms with Crippen molar-refractivity contribution in [1.29, 1.82) is 0 Å². The van der Waals surface area contributed by atoms with Crippen molar-refractivity contribution in [2.75, 3.05) is 34.2 Å². The lowest BCUT2D eigenvalue weighted by Gasteiger charge is -2.30. The molecule has 0 radical (unpaired) electrons. The predicted molar refractivity (Wildman–Crippen MR) is 136 cm³/mol. The van der Waals surface area contributed by atoms with Crippen LogP contribution in [0.1, 0.15) is 40.2 Å². The first-order valence-electron chi connectivity index (χ1n) is 10.1. The van der Waals surface area contributed by atoms with Crippen LogP contribution in [0.4, 0.5) is 4.79 Å². The number of benzene rings is 1. The molecule has 3 N–H and O–H groups in total. The Morgan fingerprint density at radius 3 is 2.20 bits per heavy atom. The zero-order valence-electron chi connectivity index (χ0n) is 19.7. The fraction of sp³-hybridized carbons (Fsp3) is 0.636. The molecule has 1 amide bonds. The first kappa shape index (κ1) is 28.5. The van der Waals surface area contributed by atoms with Crippen LogP contribution in [0.25, 0.3) is 0 Å². The molecule has 0 saturated heterocycles. The van der Waals surface area contributed by atoms with E-state index in [-0.39, 0.29) is 24.0 Å². The highest BCUT2D eigenvalue weighted by Crippen LogP contribution is 2.09. The third-order valence-electron chi connectivity index (χ3n) is 4.31. The molecule has 0 aliphatic heterocycles. The van der Waals surface area contributed by atoms with Crippen molar-refractivity contribution in [3.63, 3.8) is 0 Å². The zero-order valence-corrected chi connectivity index (χ0v) is 22.0. The number of alkyl carbamates (subject to hydrolysis) is 1. The monoisotopic (exact) mass is 533 g/mol. The van der Waals surface area contributed by atoms with Crippen molar-refractivity contribution < 1.29 is 9.53 Å². The van der Waals surface area contributed by atoms with Crippen molar-refractivity contribution in [1.82, 2.24) is 20.9 Å². The molecule has 0 bridgehead atoms. The quantitative estimate of drug-likeness (QED) is 0.272. The maximum absolute atomic E-state index is 12.0. The fourth-order valence-electron chi connectivity index (χ4n) is 2.69. The molecule has 1 aromatic carbocycles. The number of ether oxygens (including phenoxy) is 1. The molecule has 1 rings (SSSR count). The van der Waals surface area contributed by atoms with Crippen molar-refractivity contribution in [2.24, 2.45) is 4.99 Å². The lowest BCUT2D eigenvalue weighted by atomic mass is 10.1. The van der Waals surface area contributed by atoms with Gasteiger partial charge in [-0.1, -0.05) is 30.3 Å². The van der Waals surface area contributed by atoms with E-state index in [0.29, 0.717) is 18.5 Å². The van der Waals surface area contributed by atoms with E-state index >= 15 is 0 Å². The molecule has 0 saturated carbocycles. The third kappa shape index (κ3) is 12.2. The molecule has 0 spiro atoms. The van der Waals surface area contributed by atoms with Gasteiger partial charge in [0, 0.05) is 26.2 Å². The van der Waals surface area contributed by atoms with Crippen LogP contribution in [0.5, 0.6) is 0 Å². The van der Waals surface area contributed by atoms with E-state index in [1.165, 1.54) is 5.56 Å². The summed E-state index contributed by atoms with van der Waals surface area (Å²) in [4.78, 5) is 18.5. The van der Waals surface area contributed by atoms with Gasteiger partial charge in [-0.15, -0.1) is 24.0 Å². The number of nitrogens with zero attached hydrogens (tertiary/aromatic N) is 2. The maximum Gasteiger partial charge on any atom is 0.408 e. The molecule has 0 fully saturated rings. The van der Waals surface area contributed by atoms with E-state index < -0.39 is 17.2 Å². The van der Waals surface area contributed by atoms with Crippen LogP contribution in [-0.4, -0.2) is 68.4 Å². The number of hydrogen-bond acceptors (Lipinski definition) is 4. The topological polar surface area (TPSA) is 78.0 Å². The SMILES string of the molecule is CN=C(NCC(Cc1ccccc1)N(C)C)NCC(C)(C)NC(=O)OC(C)(C)C.I. The normalized spacial score (nSPS) is 13.3. The molecule has 8 heteroatoms. The molecule has 30 heavy (non-hydrogen) atoms. The summed E-state index contributed by atoms with van der Waals surface area (Å²) in [7, 11) is 5.91. The molecule has 1 aromatic rings. The Morgan fingerprint density at radius 1 is 1.10 bits per heavy atom. The Kier molecular flexibility index (Phi) is 12.3. The number of hydrogen-bond donors (Lipinski definition) is 3. The predicted octanol–water partition coefficient (Wildman–Crippen LogP) is 3.25. The van der Waals surface area contributed by atoms with Gasteiger partial charge in [-0.05, 0) is 60.7 Å². The van der Waals surface area contributed by atoms with Crippen LogP contribution < -0.4 is 16.0 Å². The van der Waals surface area contributed by atoms with Gasteiger partial charge in [0.05, 0.1) is 5.54 Å². The molecular formula is C22H40IN5O2. The summed E-state index contributed by atoms with van der Waals surface area (Å²) >= 11 is 0. The summed E-state index contributed by atoms with van der Waals surface area (Å²) in [6.07, 6.45) is 0.520. The Labute approximate surface area is 199 Å². The van der Waals surface area contributed by atoms with Gasteiger partial charge < -0.3 is 25.6 Å². The largest absolute Gasteiger partial charge is 0.444 e. The van der Waals surface area contributed by atoms with Gasteiger partial charge in [0.15, 0.2) is 5.96 Å². The molecule has 0 aliphatic carbocycles. The zero-order chi connectivity index (χ0) is 22.1. The first-order valence-corrected chi connectivity index (χ1v) is 10.1. The number of amides is 1. The van der Waals surface area contributed by atoms with Gasteiger partial charge in [0.25, 0.3) is 0 Å². The maximum atomic E-state index is 12.0. The average molecular weight is 533 g/mol. The van der Waals surface area contributed by atoms with E-state index in [4.69, 9.17) is 4.74 Å². The van der Waals surface area contributed by atoms with E-state index in [0.717, 1.165) is 13.0 Å². The summed E-state index contributed by atoms with van der Waals surface area (Å²) in [6.45, 7) is 10.7. The minimum atomic E-state index is -0.523. The van der Waals surface area contributed by atoms with Crippen molar-refractivity contribution >= 4 is 36.0 Å². The fourth-order valence-corrected chi connectivity index (χ4v) is 2.69. The van der Waals surface area contributed by atoms with Crippen molar-refractivity contribution in [3.05, 3.63) is 35.9 Å². The first-order chi connectivity index (χ1) is 13.4. The lowest BCUT2D eigenvalue weighted by molar-refractivity contribution is 0.0474. The molecule has 1 unspecified atom stereocenters. The number of rotatable bonds is 8. The minimum absolute atomic E-state index is 0. The number of carbonyl (C=O) groups excluding carboxylic acids is 1. The summed E-state index contributed by atoms with van der Waals surface area (Å²) < 4.78 is 5.34. The van der Waals surface area contributed by atoms with Gasteiger partial charge in [0.2, 0.25) is 0 Å². The second-order valence-corrected chi connectivity index (χ2v) is 9.12. The molecule has 0 aliphatic rings. The number of guanidine groups is 1. The number of carbonyl (C=O) groups is 1. The van der Waals surface area contributed by atoms with Crippen molar-refractivity contribution in [2.45, 2.75) is 58.2 Å². The van der Waals surface area contributed by atoms with E-state index in [2.05, 4.69) is 64.2 Å². The molecule has 172 valence electrons. The van der Waals surface area contributed by atoms with Crippen LogP contribution in [-0.2, 0) is 11.2 Å². The summed E-state index contributed by atoms with van der Waals surface area (Å²) in [5.74, 6) is 0.698. The van der Waals surface area contributed by atoms with Crippen LogP contribution in [0.3, 0.4) is 0 Å². The van der Waals surface area contributed by atoms with Gasteiger partial charge in [-0.25, -0.2) is 4.79 Å². The van der Waals surface area contributed by atoms with Crippen LogP contribution >= 0.6 is 24.0 Å². The highest BCUT2D eigenvalue weighted by atomic mass is 127. The second kappa shape index (κ2) is 13.0. The Hall–Kier alpha value is -1.55. The van der Waals surface area contributed by atoms with E-state index in [9.17, 15) is 4.79 Å². The standard InChI is InChI=1S/C22H39N5O2.HI/c1-21(2,3)29-20(28)26-22(4,5)16-25-19(23-6)24-15-18(27(7)8)14-17-12-10-9-11-13-17;/h9-13,18H,14-16H2,1-8H3,(H,26,28)(H2,23,24,25);1H. The van der Waals surface area contributed by atoms with Gasteiger partial charge >= 0.3 is 6.09 Å². The Bertz CT molecular complexity index is 657.